The van der Waals surface area contributed by atoms with Crippen LogP contribution >= 0.6 is 22.6 Å². The molecule has 4 rings (SSSR count). The van der Waals surface area contributed by atoms with Crippen molar-refractivity contribution in [3.05, 3.63) is 68.7 Å². The first kappa shape index (κ1) is 17.9. The Morgan fingerprint density at radius 2 is 1.92 bits per heavy atom. The fraction of sp³-hybridized carbons (Fsp3) is 0.333. The van der Waals surface area contributed by atoms with Gasteiger partial charge in [0.05, 0.1) is 6.54 Å². The third-order valence-corrected chi connectivity index (χ3v) is 6.01. The number of aromatic nitrogens is 1. The highest BCUT2D eigenvalue weighted by Gasteiger charge is 2.29. The standard InChI is InChI=1S/C21H22FIN2O/c1-21(26,14-3-5-15(22)6-4-14)13-25-19-8-7-16(23)11-17(19)18-12-24(2)10-9-20(18)25/h3-8,11,26H,9-10,12-13H2,1-2H3. The van der Waals surface area contributed by atoms with E-state index in [0.717, 1.165) is 30.6 Å². The van der Waals surface area contributed by atoms with Crippen LogP contribution in [0.4, 0.5) is 4.39 Å². The summed E-state index contributed by atoms with van der Waals surface area (Å²) in [6.07, 6.45) is 0.969. The number of fused-ring (bicyclic) bond motifs is 3. The second kappa shape index (κ2) is 6.62. The predicted octanol–water partition coefficient (Wildman–Crippen LogP) is 4.28. The van der Waals surface area contributed by atoms with Gasteiger partial charge in [0, 0.05) is 39.7 Å². The van der Waals surface area contributed by atoms with Crippen molar-refractivity contribution in [2.24, 2.45) is 0 Å². The van der Waals surface area contributed by atoms with E-state index in [2.05, 4.69) is 57.3 Å². The molecule has 2 aromatic carbocycles. The summed E-state index contributed by atoms with van der Waals surface area (Å²) in [6.45, 7) is 4.20. The Morgan fingerprint density at radius 3 is 2.65 bits per heavy atom. The second-order valence-corrected chi connectivity index (χ2v) is 8.69. The summed E-state index contributed by atoms with van der Waals surface area (Å²) in [5.41, 5.74) is 3.49. The van der Waals surface area contributed by atoms with Crippen molar-refractivity contribution in [1.29, 1.82) is 0 Å². The Morgan fingerprint density at radius 1 is 1.19 bits per heavy atom. The molecule has 3 aromatic rings. The highest BCUT2D eigenvalue weighted by molar-refractivity contribution is 14.1. The number of benzene rings is 2. The van der Waals surface area contributed by atoms with Crippen molar-refractivity contribution >= 4 is 33.5 Å². The van der Waals surface area contributed by atoms with Crippen LogP contribution < -0.4 is 0 Å². The van der Waals surface area contributed by atoms with Gasteiger partial charge in [-0.2, -0.15) is 0 Å². The lowest BCUT2D eigenvalue weighted by molar-refractivity contribution is 0.0384. The van der Waals surface area contributed by atoms with Crippen molar-refractivity contribution in [1.82, 2.24) is 9.47 Å². The van der Waals surface area contributed by atoms with Crippen molar-refractivity contribution in [2.45, 2.75) is 32.0 Å². The number of hydrogen-bond donors (Lipinski definition) is 1. The molecule has 1 unspecified atom stereocenters. The fourth-order valence-electron chi connectivity index (χ4n) is 3.95. The average molecular weight is 464 g/mol. The average Bonchev–Trinajstić information content (AvgIpc) is 2.87. The van der Waals surface area contributed by atoms with Crippen LogP contribution in [-0.4, -0.2) is 28.2 Å². The molecule has 0 bridgehead atoms. The van der Waals surface area contributed by atoms with Crippen LogP contribution in [0.15, 0.2) is 42.5 Å². The van der Waals surface area contributed by atoms with E-state index in [1.54, 1.807) is 19.1 Å². The molecular formula is C21H22FIN2O. The molecule has 0 fully saturated rings. The van der Waals surface area contributed by atoms with E-state index in [0.29, 0.717) is 6.54 Å². The first-order valence-electron chi connectivity index (χ1n) is 8.81. The van der Waals surface area contributed by atoms with Crippen LogP contribution in [-0.2, 0) is 25.1 Å². The van der Waals surface area contributed by atoms with Gasteiger partial charge < -0.3 is 14.6 Å². The molecule has 0 aliphatic carbocycles. The molecule has 0 radical (unpaired) electrons. The van der Waals surface area contributed by atoms with Crippen LogP contribution in [0.5, 0.6) is 0 Å². The molecule has 1 aliphatic rings. The van der Waals surface area contributed by atoms with E-state index < -0.39 is 5.60 Å². The molecule has 136 valence electrons. The van der Waals surface area contributed by atoms with Crippen LogP contribution in [0, 0.1) is 9.39 Å². The number of nitrogens with zero attached hydrogens (tertiary/aromatic N) is 2. The zero-order valence-electron chi connectivity index (χ0n) is 15.0. The zero-order valence-corrected chi connectivity index (χ0v) is 17.1. The number of likely N-dealkylation sites (N-methyl/N-ethyl adjacent to an activating group) is 1. The van der Waals surface area contributed by atoms with Gasteiger partial charge in [-0.05, 0) is 78.0 Å². The molecule has 0 saturated carbocycles. The normalized spacial score (nSPS) is 17.3. The van der Waals surface area contributed by atoms with Crippen molar-refractivity contribution in [3.63, 3.8) is 0 Å². The van der Waals surface area contributed by atoms with Gasteiger partial charge in [0.1, 0.15) is 11.4 Å². The fourth-order valence-corrected chi connectivity index (χ4v) is 4.44. The first-order valence-corrected chi connectivity index (χ1v) is 9.89. The molecule has 1 aliphatic heterocycles. The van der Waals surface area contributed by atoms with E-state index in [9.17, 15) is 9.50 Å². The minimum Gasteiger partial charge on any atom is -0.384 e. The molecule has 26 heavy (non-hydrogen) atoms. The van der Waals surface area contributed by atoms with Crippen molar-refractivity contribution < 1.29 is 9.50 Å². The number of rotatable bonds is 3. The maximum atomic E-state index is 13.3. The topological polar surface area (TPSA) is 28.4 Å². The summed E-state index contributed by atoms with van der Waals surface area (Å²) < 4.78 is 16.7. The molecule has 0 spiro atoms. The molecule has 1 N–H and O–H groups in total. The molecule has 0 saturated heterocycles. The monoisotopic (exact) mass is 464 g/mol. The third-order valence-electron chi connectivity index (χ3n) is 5.34. The Bertz CT molecular complexity index is 962. The predicted molar refractivity (Wildman–Crippen MR) is 111 cm³/mol. The van der Waals surface area contributed by atoms with Crippen LogP contribution in [0.2, 0.25) is 0 Å². The molecular weight excluding hydrogens is 442 g/mol. The Hall–Kier alpha value is -1.44. The molecule has 5 heteroatoms. The lowest BCUT2D eigenvalue weighted by Crippen LogP contribution is -2.31. The second-order valence-electron chi connectivity index (χ2n) is 7.44. The summed E-state index contributed by atoms with van der Waals surface area (Å²) in [5, 5.41) is 12.4. The summed E-state index contributed by atoms with van der Waals surface area (Å²) >= 11 is 2.35. The Kier molecular flexibility index (Phi) is 4.57. The summed E-state index contributed by atoms with van der Waals surface area (Å²) in [6, 6.07) is 12.7. The van der Waals surface area contributed by atoms with Crippen LogP contribution in [0.1, 0.15) is 23.7 Å². The largest absolute Gasteiger partial charge is 0.384 e. The quantitative estimate of drug-likeness (QED) is 0.587. The minimum atomic E-state index is -1.07. The third kappa shape index (κ3) is 3.17. The maximum absolute atomic E-state index is 13.3. The van der Waals surface area contributed by atoms with Gasteiger partial charge >= 0.3 is 0 Å². The zero-order chi connectivity index (χ0) is 18.5. The number of halogens is 2. The summed E-state index contributed by atoms with van der Waals surface area (Å²) in [4.78, 5) is 2.34. The first-order chi connectivity index (χ1) is 12.3. The van der Waals surface area contributed by atoms with Crippen LogP contribution in [0.25, 0.3) is 10.9 Å². The van der Waals surface area contributed by atoms with E-state index >= 15 is 0 Å². The highest BCUT2D eigenvalue weighted by atomic mass is 127. The summed E-state index contributed by atoms with van der Waals surface area (Å²) in [5.74, 6) is -0.286. The van der Waals surface area contributed by atoms with Gasteiger partial charge in [0.25, 0.3) is 0 Å². The van der Waals surface area contributed by atoms with Gasteiger partial charge in [-0.1, -0.05) is 12.1 Å². The van der Waals surface area contributed by atoms with E-state index in [1.165, 1.54) is 32.3 Å². The Balaban J connectivity index is 1.82. The van der Waals surface area contributed by atoms with Gasteiger partial charge in [-0.25, -0.2) is 4.39 Å². The molecule has 1 aromatic heterocycles. The van der Waals surface area contributed by atoms with Crippen LogP contribution in [0.3, 0.4) is 0 Å². The smallest absolute Gasteiger partial charge is 0.123 e. The lowest BCUT2D eigenvalue weighted by Gasteiger charge is -2.29. The Labute approximate surface area is 166 Å². The molecule has 2 heterocycles. The SMILES string of the molecule is CN1CCc2c(c3cc(I)ccc3n2CC(C)(O)c2ccc(F)cc2)C1. The van der Waals surface area contributed by atoms with E-state index in [1.807, 2.05) is 0 Å². The van der Waals surface area contributed by atoms with Gasteiger partial charge in [-0.3, -0.25) is 0 Å². The molecule has 3 nitrogen and oxygen atoms in total. The molecule has 1 atom stereocenters. The minimum absolute atomic E-state index is 0.286. The molecule has 0 amide bonds. The number of hydrogen-bond acceptors (Lipinski definition) is 2. The number of aliphatic hydroxyl groups is 1. The van der Waals surface area contributed by atoms with Gasteiger partial charge in [-0.15, -0.1) is 0 Å². The van der Waals surface area contributed by atoms with E-state index in [-0.39, 0.29) is 5.82 Å². The van der Waals surface area contributed by atoms with Gasteiger partial charge in [0.2, 0.25) is 0 Å². The van der Waals surface area contributed by atoms with Crippen molar-refractivity contribution in [3.8, 4) is 0 Å². The maximum Gasteiger partial charge on any atom is 0.123 e. The van der Waals surface area contributed by atoms with Crippen molar-refractivity contribution in [2.75, 3.05) is 13.6 Å². The van der Waals surface area contributed by atoms with Gasteiger partial charge in [0.15, 0.2) is 0 Å². The van der Waals surface area contributed by atoms with E-state index in [4.69, 9.17) is 0 Å². The lowest BCUT2D eigenvalue weighted by atomic mass is 9.95. The summed E-state index contributed by atoms with van der Waals surface area (Å²) in [7, 11) is 2.15. The highest BCUT2D eigenvalue weighted by Crippen LogP contribution is 2.34.